The first kappa shape index (κ1) is 15.9. The van der Waals surface area contributed by atoms with Gasteiger partial charge in [-0.1, -0.05) is 26.8 Å². The molecule has 0 atom stereocenters. The maximum absolute atomic E-state index is 12.3. The molecule has 1 aromatic heterocycles. The van der Waals surface area contributed by atoms with E-state index in [1.165, 1.54) is 6.07 Å². The lowest BCUT2D eigenvalue weighted by Gasteiger charge is -2.17. The normalized spacial score (nSPS) is 11.6. The van der Waals surface area contributed by atoms with Gasteiger partial charge in [0.25, 0.3) is 0 Å². The fraction of sp³-hybridized carbons (Fsp3) is 0.375. The van der Waals surface area contributed by atoms with Crippen LogP contribution < -0.4 is 5.73 Å². The number of nitrogens with zero attached hydrogens (tertiary/aromatic N) is 1. The SMILES string of the molecule is CC(C)(C)CCOC(=O)n1c(C(=O)O)cc2ccc(N)cc21. The largest absolute Gasteiger partial charge is 0.477 e. The summed E-state index contributed by atoms with van der Waals surface area (Å²) in [5, 5.41) is 9.90. The first-order chi connectivity index (χ1) is 10.2. The van der Waals surface area contributed by atoms with Crippen molar-refractivity contribution in [1.82, 2.24) is 4.57 Å². The number of hydrogen-bond acceptors (Lipinski definition) is 4. The number of fused-ring (bicyclic) bond motifs is 1. The summed E-state index contributed by atoms with van der Waals surface area (Å²) in [6, 6.07) is 6.33. The molecule has 1 heterocycles. The standard InChI is InChI=1S/C16H20N2O4/c1-16(2,3)6-7-22-15(21)18-12-9-11(17)5-4-10(12)8-13(18)14(19)20/h4-5,8-9H,6-7,17H2,1-3H3,(H,19,20). The number of carboxylic acids is 1. The smallest absolute Gasteiger partial charge is 0.419 e. The van der Waals surface area contributed by atoms with Crippen LogP contribution in [0.1, 0.15) is 37.7 Å². The molecule has 6 heteroatoms. The second kappa shape index (κ2) is 5.71. The van der Waals surface area contributed by atoms with Crippen LogP contribution in [0.3, 0.4) is 0 Å². The molecule has 0 amide bonds. The Hall–Kier alpha value is -2.50. The molecule has 2 aromatic rings. The third-order valence-electron chi connectivity index (χ3n) is 3.31. The van der Waals surface area contributed by atoms with Crippen molar-refractivity contribution in [3.8, 4) is 0 Å². The van der Waals surface area contributed by atoms with Gasteiger partial charge in [0, 0.05) is 11.1 Å². The maximum Gasteiger partial charge on any atom is 0.419 e. The van der Waals surface area contributed by atoms with Crippen LogP contribution in [0.5, 0.6) is 0 Å². The molecular weight excluding hydrogens is 284 g/mol. The van der Waals surface area contributed by atoms with Gasteiger partial charge in [-0.15, -0.1) is 0 Å². The Kier molecular flexibility index (Phi) is 4.12. The van der Waals surface area contributed by atoms with E-state index in [0.717, 1.165) is 4.57 Å². The number of rotatable bonds is 3. The van der Waals surface area contributed by atoms with Gasteiger partial charge in [0.2, 0.25) is 0 Å². The number of aromatic carboxylic acids is 1. The number of anilines is 1. The molecule has 0 saturated carbocycles. The van der Waals surface area contributed by atoms with E-state index in [4.69, 9.17) is 10.5 Å². The van der Waals surface area contributed by atoms with Crippen molar-refractivity contribution in [2.75, 3.05) is 12.3 Å². The molecule has 0 unspecified atom stereocenters. The van der Waals surface area contributed by atoms with E-state index in [1.807, 2.05) is 20.8 Å². The number of aromatic nitrogens is 1. The number of carbonyl (C=O) groups excluding carboxylic acids is 1. The van der Waals surface area contributed by atoms with Gasteiger partial charge in [-0.2, -0.15) is 0 Å². The number of nitrogens with two attached hydrogens (primary N) is 1. The van der Waals surface area contributed by atoms with Crippen molar-refractivity contribution in [2.24, 2.45) is 5.41 Å². The number of hydrogen-bond donors (Lipinski definition) is 2. The van der Waals surface area contributed by atoms with Crippen molar-refractivity contribution in [3.63, 3.8) is 0 Å². The van der Waals surface area contributed by atoms with Crippen molar-refractivity contribution in [3.05, 3.63) is 30.0 Å². The summed E-state index contributed by atoms with van der Waals surface area (Å²) >= 11 is 0. The van der Waals surface area contributed by atoms with Crippen LogP contribution in [0.4, 0.5) is 10.5 Å². The highest BCUT2D eigenvalue weighted by atomic mass is 16.5. The fourth-order valence-electron chi connectivity index (χ4n) is 2.08. The zero-order chi connectivity index (χ0) is 16.5. The Morgan fingerprint density at radius 1 is 1.27 bits per heavy atom. The Morgan fingerprint density at radius 2 is 1.95 bits per heavy atom. The molecule has 0 aliphatic heterocycles. The predicted octanol–water partition coefficient (Wildman–Crippen LogP) is 3.34. The lowest BCUT2D eigenvalue weighted by molar-refractivity contribution is 0.0680. The van der Waals surface area contributed by atoms with Crippen LogP contribution in [0.25, 0.3) is 10.9 Å². The molecule has 6 nitrogen and oxygen atoms in total. The predicted molar refractivity (Wildman–Crippen MR) is 84.1 cm³/mol. The van der Waals surface area contributed by atoms with Crippen molar-refractivity contribution < 1.29 is 19.4 Å². The molecular formula is C16H20N2O4. The Labute approximate surface area is 128 Å². The average Bonchev–Trinajstić information content (AvgIpc) is 2.75. The maximum atomic E-state index is 12.3. The second-order valence-corrected chi connectivity index (χ2v) is 6.41. The van der Waals surface area contributed by atoms with Crippen LogP contribution in [-0.2, 0) is 4.74 Å². The molecule has 0 aliphatic carbocycles. The van der Waals surface area contributed by atoms with E-state index in [-0.39, 0.29) is 17.7 Å². The molecule has 0 spiro atoms. The Bertz CT molecular complexity index is 726. The highest BCUT2D eigenvalue weighted by Crippen LogP contribution is 2.23. The van der Waals surface area contributed by atoms with E-state index in [2.05, 4.69) is 0 Å². The third-order valence-corrected chi connectivity index (χ3v) is 3.31. The van der Waals surface area contributed by atoms with Gasteiger partial charge < -0.3 is 15.6 Å². The summed E-state index contributed by atoms with van der Waals surface area (Å²) in [5.41, 5.74) is 6.49. The van der Waals surface area contributed by atoms with Gasteiger partial charge in [0.1, 0.15) is 5.69 Å². The summed E-state index contributed by atoms with van der Waals surface area (Å²) in [4.78, 5) is 23.6. The lowest BCUT2D eigenvalue weighted by Crippen LogP contribution is -2.21. The molecule has 0 radical (unpaired) electrons. The Morgan fingerprint density at radius 3 is 2.55 bits per heavy atom. The van der Waals surface area contributed by atoms with Crippen LogP contribution in [0, 0.1) is 5.41 Å². The number of nitrogen functional groups attached to an aromatic ring is 1. The quantitative estimate of drug-likeness (QED) is 0.848. The van der Waals surface area contributed by atoms with Gasteiger partial charge in [-0.3, -0.25) is 0 Å². The van der Waals surface area contributed by atoms with Crippen molar-refractivity contribution in [2.45, 2.75) is 27.2 Å². The molecule has 3 N–H and O–H groups in total. The molecule has 0 saturated heterocycles. The fourth-order valence-corrected chi connectivity index (χ4v) is 2.08. The van der Waals surface area contributed by atoms with Gasteiger partial charge in [0.05, 0.1) is 12.1 Å². The monoisotopic (exact) mass is 304 g/mol. The number of carbonyl (C=O) groups is 2. The van der Waals surface area contributed by atoms with Crippen LogP contribution in [0.2, 0.25) is 0 Å². The lowest BCUT2D eigenvalue weighted by atomic mass is 9.93. The molecule has 22 heavy (non-hydrogen) atoms. The van der Waals surface area contributed by atoms with Gasteiger partial charge in [-0.05, 0) is 30.0 Å². The van der Waals surface area contributed by atoms with Gasteiger partial charge in [-0.25, -0.2) is 14.2 Å². The minimum Gasteiger partial charge on any atom is -0.477 e. The third kappa shape index (κ3) is 3.39. The molecule has 2 rings (SSSR count). The average molecular weight is 304 g/mol. The minimum atomic E-state index is -1.19. The first-order valence-corrected chi connectivity index (χ1v) is 7.00. The zero-order valence-corrected chi connectivity index (χ0v) is 12.9. The number of benzene rings is 1. The minimum absolute atomic E-state index is 0.0269. The molecule has 0 fully saturated rings. The number of carboxylic acid groups (broad SMARTS) is 1. The van der Waals surface area contributed by atoms with Gasteiger partial charge in [0.15, 0.2) is 0 Å². The van der Waals surface area contributed by atoms with E-state index < -0.39 is 12.1 Å². The van der Waals surface area contributed by atoms with Crippen molar-refractivity contribution in [1.29, 1.82) is 0 Å². The van der Waals surface area contributed by atoms with Crippen molar-refractivity contribution >= 4 is 28.7 Å². The topological polar surface area (TPSA) is 94.5 Å². The van der Waals surface area contributed by atoms with E-state index in [9.17, 15) is 14.7 Å². The summed E-state index contributed by atoms with van der Waals surface area (Å²) in [5.74, 6) is -1.19. The van der Waals surface area contributed by atoms with Gasteiger partial charge >= 0.3 is 12.1 Å². The van der Waals surface area contributed by atoms with Crippen LogP contribution >= 0.6 is 0 Å². The molecule has 0 bridgehead atoms. The summed E-state index contributed by atoms with van der Waals surface area (Å²) in [6.45, 7) is 6.34. The highest BCUT2D eigenvalue weighted by molar-refractivity contribution is 6.01. The van der Waals surface area contributed by atoms with E-state index in [1.54, 1.807) is 18.2 Å². The molecule has 0 aliphatic rings. The first-order valence-electron chi connectivity index (χ1n) is 7.00. The van der Waals surface area contributed by atoms with E-state index in [0.29, 0.717) is 23.0 Å². The molecule has 118 valence electrons. The van der Waals surface area contributed by atoms with Crippen LogP contribution in [0.15, 0.2) is 24.3 Å². The second-order valence-electron chi connectivity index (χ2n) is 6.41. The Balaban J connectivity index is 2.35. The summed E-state index contributed by atoms with van der Waals surface area (Å²) < 4.78 is 6.27. The number of ether oxygens (including phenoxy) is 1. The van der Waals surface area contributed by atoms with Crippen LogP contribution in [-0.4, -0.2) is 28.3 Å². The van der Waals surface area contributed by atoms with E-state index >= 15 is 0 Å². The zero-order valence-electron chi connectivity index (χ0n) is 12.9. The summed E-state index contributed by atoms with van der Waals surface area (Å²) in [7, 11) is 0. The molecule has 1 aromatic carbocycles. The highest BCUT2D eigenvalue weighted by Gasteiger charge is 2.21. The summed E-state index contributed by atoms with van der Waals surface area (Å²) in [6.07, 6.45) is -0.0232.